The molecule has 0 aliphatic rings. The van der Waals surface area contributed by atoms with Gasteiger partial charge in [0, 0.05) is 13.2 Å². The summed E-state index contributed by atoms with van der Waals surface area (Å²) < 4.78 is 11.6. The monoisotopic (exact) mass is 286 g/mol. The van der Waals surface area contributed by atoms with E-state index in [0.717, 1.165) is 19.6 Å². The van der Waals surface area contributed by atoms with Gasteiger partial charge in [-0.1, -0.05) is 39.0 Å². The first-order valence-corrected chi connectivity index (χ1v) is 8.55. The van der Waals surface area contributed by atoms with Crippen molar-refractivity contribution in [1.82, 2.24) is 0 Å². The minimum absolute atomic E-state index is 0.0201. The van der Waals surface area contributed by atoms with E-state index in [4.69, 9.17) is 9.47 Å². The highest BCUT2D eigenvalue weighted by Crippen LogP contribution is 2.15. The van der Waals surface area contributed by atoms with Crippen LogP contribution >= 0.6 is 0 Å². The molecule has 0 aromatic rings. The van der Waals surface area contributed by atoms with Crippen molar-refractivity contribution in [2.24, 2.45) is 0 Å². The topological polar surface area (TPSA) is 18.5 Å². The highest BCUT2D eigenvalue weighted by molar-refractivity contribution is 4.64. The normalized spacial score (nSPS) is 12.9. The summed E-state index contributed by atoms with van der Waals surface area (Å²) in [5, 5.41) is 0. The van der Waals surface area contributed by atoms with Crippen LogP contribution in [0.2, 0.25) is 0 Å². The summed E-state index contributed by atoms with van der Waals surface area (Å²) in [5.74, 6) is 0. The molecule has 0 unspecified atom stereocenters. The maximum atomic E-state index is 5.85. The average molecular weight is 286 g/mol. The van der Waals surface area contributed by atoms with Gasteiger partial charge in [0.2, 0.25) is 0 Å². The largest absolute Gasteiger partial charge is 0.376 e. The van der Waals surface area contributed by atoms with E-state index in [1.807, 2.05) is 0 Å². The molecule has 0 N–H and O–H groups in total. The first kappa shape index (κ1) is 19.9. The van der Waals surface area contributed by atoms with Gasteiger partial charge < -0.3 is 9.47 Å². The molecule has 0 radical (unpaired) electrons. The van der Waals surface area contributed by atoms with E-state index in [9.17, 15) is 0 Å². The minimum Gasteiger partial charge on any atom is -0.376 e. The Hall–Kier alpha value is -0.0800. The average Bonchev–Trinajstić information content (AvgIpc) is 2.34. The number of hydrogen-bond donors (Lipinski definition) is 0. The summed E-state index contributed by atoms with van der Waals surface area (Å²) >= 11 is 0. The van der Waals surface area contributed by atoms with Crippen molar-refractivity contribution in [3.8, 4) is 0 Å². The van der Waals surface area contributed by atoms with Crippen molar-refractivity contribution >= 4 is 0 Å². The zero-order chi connectivity index (χ0) is 15.5. The molecule has 2 nitrogen and oxygen atoms in total. The zero-order valence-electron chi connectivity index (χ0n) is 14.9. The summed E-state index contributed by atoms with van der Waals surface area (Å²) in [4.78, 5) is 0. The third kappa shape index (κ3) is 14.3. The van der Waals surface area contributed by atoms with E-state index < -0.39 is 0 Å². The van der Waals surface area contributed by atoms with E-state index in [1.54, 1.807) is 0 Å². The van der Waals surface area contributed by atoms with Crippen LogP contribution in [0.15, 0.2) is 0 Å². The lowest BCUT2D eigenvalue weighted by Gasteiger charge is -2.23. The van der Waals surface area contributed by atoms with Gasteiger partial charge in [-0.15, -0.1) is 0 Å². The summed E-state index contributed by atoms with van der Waals surface area (Å²) in [6.07, 6.45) is 10.1. The van der Waals surface area contributed by atoms with Crippen LogP contribution in [0, 0.1) is 0 Å². The van der Waals surface area contributed by atoms with Crippen molar-refractivity contribution in [2.45, 2.75) is 104 Å². The molecule has 0 heterocycles. The Bertz CT molecular complexity index is 216. The number of unbranched alkanes of at least 4 members (excludes halogenated alkanes) is 6. The molecule has 0 rings (SSSR count). The molecule has 0 fully saturated rings. The molecule has 0 aliphatic heterocycles. The van der Waals surface area contributed by atoms with Gasteiger partial charge in [-0.25, -0.2) is 0 Å². The van der Waals surface area contributed by atoms with Crippen LogP contribution in [-0.4, -0.2) is 24.4 Å². The zero-order valence-corrected chi connectivity index (χ0v) is 14.9. The molecule has 0 saturated heterocycles. The van der Waals surface area contributed by atoms with E-state index in [-0.39, 0.29) is 11.2 Å². The number of ether oxygens (including phenoxy) is 2. The van der Waals surface area contributed by atoms with Gasteiger partial charge in [-0.3, -0.25) is 0 Å². The van der Waals surface area contributed by atoms with E-state index in [0.29, 0.717) is 0 Å². The van der Waals surface area contributed by atoms with Crippen LogP contribution < -0.4 is 0 Å². The third-order valence-corrected chi connectivity index (χ3v) is 3.67. The van der Waals surface area contributed by atoms with Crippen LogP contribution in [-0.2, 0) is 9.47 Å². The maximum Gasteiger partial charge on any atom is 0.0623 e. The van der Waals surface area contributed by atoms with Crippen LogP contribution in [0.4, 0.5) is 0 Å². The third-order valence-electron chi connectivity index (χ3n) is 3.67. The molecule has 20 heavy (non-hydrogen) atoms. The molecular weight excluding hydrogens is 248 g/mol. The number of rotatable bonds is 12. The standard InChI is InChI=1S/C18H38O2/c1-7-18(5,6)20-16-14-12-10-8-9-11-13-15-19-17(2,3)4/h7-16H2,1-6H3. The Kier molecular flexibility index (Phi) is 10.6. The maximum absolute atomic E-state index is 5.85. The lowest BCUT2D eigenvalue weighted by Crippen LogP contribution is -2.23. The molecule has 0 aromatic heterocycles. The molecule has 0 amide bonds. The molecule has 0 spiro atoms. The lowest BCUT2D eigenvalue weighted by molar-refractivity contribution is -0.0216. The minimum atomic E-state index is 0.0201. The second-order valence-corrected chi connectivity index (χ2v) is 7.40. The van der Waals surface area contributed by atoms with Crippen LogP contribution in [0.3, 0.4) is 0 Å². The van der Waals surface area contributed by atoms with Crippen LogP contribution in [0.5, 0.6) is 0 Å². The Morgan fingerprint density at radius 3 is 1.40 bits per heavy atom. The predicted octanol–water partition coefficient (Wildman–Crippen LogP) is 5.74. The number of hydrogen-bond acceptors (Lipinski definition) is 2. The molecule has 0 atom stereocenters. The molecule has 0 aliphatic carbocycles. The van der Waals surface area contributed by atoms with Crippen LogP contribution in [0.1, 0.15) is 92.9 Å². The summed E-state index contributed by atoms with van der Waals surface area (Å²) in [7, 11) is 0. The van der Waals surface area contributed by atoms with Crippen molar-refractivity contribution in [3.63, 3.8) is 0 Å². The van der Waals surface area contributed by atoms with Crippen molar-refractivity contribution < 1.29 is 9.47 Å². The first-order chi connectivity index (χ1) is 9.27. The van der Waals surface area contributed by atoms with Gasteiger partial charge in [0.1, 0.15) is 0 Å². The fourth-order valence-corrected chi connectivity index (χ4v) is 1.92. The van der Waals surface area contributed by atoms with Crippen molar-refractivity contribution in [3.05, 3.63) is 0 Å². The van der Waals surface area contributed by atoms with E-state index in [2.05, 4.69) is 41.5 Å². The Morgan fingerprint density at radius 1 is 0.600 bits per heavy atom. The summed E-state index contributed by atoms with van der Waals surface area (Å²) in [6, 6.07) is 0. The second kappa shape index (κ2) is 10.6. The lowest BCUT2D eigenvalue weighted by atomic mass is 10.1. The highest BCUT2D eigenvalue weighted by Gasteiger charge is 2.14. The molecule has 0 aromatic carbocycles. The molecular formula is C18H38O2. The Balaban J connectivity index is 3.18. The molecule has 0 bridgehead atoms. The summed E-state index contributed by atoms with van der Waals surface area (Å²) in [5.41, 5.74) is 0.0827. The van der Waals surface area contributed by atoms with Gasteiger partial charge in [0.15, 0.2) is 0 Å². The summed E-state index contributed by atoms with van der Waals surface area (Å²) in [6.45, 7) is 14.7. The van der Waals surface area contributed by atoms with Gasteiger partial charge in [-0.2, -0.15) is 0 Å². The first-order valence-electron chi connectivity index (χ1n) is 8.55. The van der Waals surface area contributed by atoms with E-state index in [1.165, 1.54) is 44.9 Å². The fourth-order valence-electron chi connectivity index (χ4n) is 1.92. The quantitative estimate of drug-likeness (QED) is 0.426. The highest BCUT2D eigenvalue weighted by atomic mass is 16.5. The fraction of sp³-hybridized carbons (Fsp3) is 1.00. The molecule has 122 valence electrons. The Labute approximate surface area is 127 Å². The van der Waals surface area contributed by atoms with Gasteiger partial charge in [0.25, 0.3) is 0 Å². The van der Waals surface area contributed by atoms with Gasteiger partial charge in [0.05, 0.1) is 11.2 Å². The molecule has 2 heteroatoms. The molecule has 0 saturated carbocycles. The Morgan fingerprint density at radius 2 is 1.00 bits per heavy atom. The smallest absolute Gasteiger partial charge is 0.0623 e. The van der Waals surface area contributed by atoms with Gasteiger partial charge in [-0.05, 0) is 53.9 Å². The van der Waals surface area contributed by atoms with Crippen LogP contribution in [0.25, 0.3) is 0 Å². The van der Waals surface area contributed by atoms with Crippen molar-refractivity contribution in [1.29, 1.82) is 0 Å². The second-order valence-electron chi connectivity index (χ2n) is 7.40. The van der Waals surface area contributed by atoms with E-state index >= 15 is 0 Å². The SMILES string of the molecule is CCC(C)(C)OCCCCCCCCCOC(C)(C)C. The van der Waals surface area contributed by atoms with Crippen molar-refractivity contribution in [2.75, 3.05) is 13.2 Å². The predicted molar refractivity (Wildman–Crippen MR) is 88.3 cm³/mol. The van der Waals surface area contributed by atoms with Gasteiger partial charge >= 0.3 is 0 Å².